The molecule has 7 nitrogen and oxygen atoms in total. The number of hydrogen-bond acceptors (Lipinski definition) is 6. The molecule has 1 aliphatic carbocycles. The van der Waals surface area contributed by atoms with Gasteiger partial charge in [0.15, 0.2) is 0 Å². The number of thiophene rings is 1. The molecule has 0 bridgehead atoms. The fourth-order valence-corrected chi connectivity index (χ4v) is 6.85. The summed E-state index contributed by atoms with van der Waals surface area (Å²) in [7, 11) is -2.73. The summed E-state index contributed by atoms with van der Waals surface area (Å²) in [5.74, 6) is -1.06. The summed E-state index contributed by atoms with van der Waals surface area (Å²) in [4.78, 5) is 26.7. The molecule has 1 heterocycles. The van der Waals surface area contributed by atoms with Crippen molar-refractivity contribution in [1.82, 2.24) is 0 Å². The third kappa shape index (κ3) is 4.89. The number of ether oxygens (including phenoxy) is 1. The van der Waals surface area contributed by atoms with Crippen molar-refractivity contribution < 1.29 is 22.7 Å². The second kappa shape index (κ2) is 9.89. The maximum Gasteiger partial charge on any atom is 0.341 e. The fourth-order valence-electron chi connectivity index (χ4n) is 3.87. The largest absolute Gasteiger partial charge is 0.465 e. The van der Waals surface area contributed by atoms with Crippen molar-refractivity contribution in [3.05, 3.63) is 74.6 Å². The Morgan fingerprint density at radius 3 is 2.41 bits per heavy atom. The van der Waals surface area contributed by atoms with E-state index in [1.54, 1.807) is 36.4 Å². The van der Waals surface area contributed by atoms with Crippen LogP contribution < -0.4 is 9.62 Å². The predicted molar refractivity (Wildman–Crippen MR) is 136 cm³/mol. The highest BCUT2D eigenvalue weighted by atomic mass is 79.9. The Hall–Kier alpha value is -2.69. The molecule has 0 fully saturated rings. The Morgan fingerprint density at radius 2 is 1.76 bits per heavy atom. The SMILES string of the molecule is COC(=O)c1c(NC(=O)CN(c2ccc(Br)cc2)S(=O)(=O)c2ccc(C)cc2)sc2c1CCC2. The van der Waals surface area contributed by atoms with Crippen molar-refractivity contribution in [2.24, 2.45) is 0 Å². The van der Waals surface area contributed by atoms with Gasteiger partial charge >= 0.3 is 5.97 Å². The Balaban J connectivity index is 1.66. The molecule has 2 aromatic carbocycles. The lowest BCUT2D eigenvalue weighted by atomic mass is 10.1. The molecular weight excluding hydrogens is 540 g/mol. The van der Waals surface area contributed by atoms with Gasteiger partial charge in [-0.2, -0.15) is 0 Å². The number of carbonyl (C=O) groups excluding carboxylic acids is 2. The quantitative estimate of drug-likeness (QED) is 0.412. The maximum atomic E-state index is 13.5. The number of nitrogens with zero attached hydrogens (tertiary/aromatic N) is 1. The van der Waals surface area contributed by atoms with Gasteiger partial charge in [-0.1, -0.05) is 33.6 Å². The van der Waals surface area contributed by atoms with E-state index in [2.05, 4.69) is 21.2 Å². The molecule has 3 aromatic rings. The molecule has 0 spiro atoms. The van der Waals surface area contributed by atoms with E-state index in [1.807, 2.05) is 6.92 Å². The summed E-state index contributed by atoms with van der Waals surface area (Å²) >= 11 is 4.70. The Kier molecular flexibility index (Phi) is 7.11. The van der Waals surface area contributed by atoms with Crippen molar-refractivity contribution in [3.8, 4) is 0 Å². The zero-order chi connectivity index (χ0) is 24.5. The van der Waals surface area contributed by atoms with Gasteiger partial charge in [0.25, 0.3) is 10.0 Å². The minimum atomic E-state index is -4.03. The lowest BCUT2D eigenvalue weighted by Crippen LogP contribution is -2.38. The summed E-state index contributed by atoms with van der Waals surface area (Å²) in [5.41, 5.74) is 2.54. The molecule has 4 rings (SSSR count). The van der Waals surface area contributed by atoms with E-state index in [0.717, 1.165) is 44.0 Å². The van der Waals surface area contributed by atoms with E-state index < -0.39 is 28.4 Å². The zero-order valence-corrected chi connectivity index (χ0v) is 21.8. The molecular formula is C24H23BrN2O5S2. The molecule has 10 heteroatoms. The highest BCUT2D eigenvalue weighted by Crippen LogP contribution is 2.39. The normalized spacial score (nSPS) is 12.8. The summed E-state index contributed by atoms with van der Waals surface area (Å²) in [6, 6.07) is 13.1. The molecule has 1 N–H and O–H groups in total. The minimum Gasteiger partial charge on any atom is -0.465 e. The molecule has 0 aliphatic heterocycles. The monoisotopic (exact) mass is 562 g/mol. The van der Waals surface area contributed by atoms with E-state index in [0.29, 0.717) is 16.3 Å². The number of benzene rings is 2. The number of sulfonamides is 1. The van der Waals surface area contributed by atoms with Gasteiger partial charge in [-0.3, -0.25) is 9.10 Å². The zero-order valence-electron chi connectivity index (χ0n) is 18.6. The highest BCUT2D eigenvalue weighted by molar-refractivity contribution is 9.10. The molecule has 34 heavy (non-hydrogen) atoms. The van der Waals surface area contributed by atoms with Crippen LogP contribution in [0.3, 0.4) is 0 Å². The average molecular weight is 563 g/mol. The lowest BCUT2D eigenvalue weighted by molar-refractivity contribution is -0.114. The molecule has 0 radical (unpaired) electrons. The minimum absolute atomic E-state index is 0.0826. The molecule has 1 aliphatic rings. The number of amides is 1. The first-order valence-electron chi connectivity index (χ1n) is 10.6. The number of fused-ring (bicyclic) bond motifs is 1. The van der Waals surface area contributed by atoms with Crippen molar-refractivity contribution in [1.29, 1.82) is 0 Å². The molecule has 1 aromatic heterocycles. The summed E-state index contributed by atoms with van der Waals surface area (Å²) in [5, 5.41) is 3.16. The van der Waals surface area contributed by atoms with Crippen LogP contribution in [0.2, 0.25) is 0 Å². The van der Waals surface area contributed by atoms with Crippen LogP contribution in [0.4, 0.5) is 10.7 Å². The van der Waals surface area contributed by atoms with Gasteiger partial charge in [0, 0.05) is 9.35 Å². The Bertz CT molecular complexity index is 1330. The van der Waals surface area contributed by atoms with E-state index in [-0.39, 0.29) is 4.90 Å². The number of hydrogen-bond donors (Lipinski definition) is 1. The highest BCUT2D eigenvalue weighted by Gasteiger charge is 2.30. The number of methoxy groups -OCH3 is 1. The Labute approximate surface area is 210 Å². The summed E-state index contributed by atoms with van der Waals surface area (Å²) in [6.45, 7) is 1.41. The van der Waals surface area contributed by atoms with Crippen LogP contribution >= 0.6 is 27.3 Å². The lowest BCUT2D eigenvalue weighted by Gasteiger charge is -2.24. The standard InChI is InChI=1S/C24H23BrN2O5S2/c1-15-6-12-18(13-7-15)34(30,31)27(17-10-8-16(25)9-11-17)14-21(28)26-23-22(24(29)32-2)19-4-3-5-20(19)33-23/h6-13H,3-5,14H2,1-2H3,(H,26,28). The van der Waals surface area contributed by atoms with Gasteiger partial charge in [-0.25, -0.2) is 13.2 Å². The molecule has 178 valence electrons. The van der Waals surface area contributed by atoms with Crippen LogP contribution in [0, 0.1) is 6.92 Å². The fraction of sp³-hybridized carbons (Fsp3) is 0.250. The molecule has 0 atom stereocenters. The average Bonchev–Trinajstić information content (AvgIpc) is 3.39. The third-order valence-electron chi connectivity index (χ3n) is 5.57. The summed E-state index contributed by atoms with van der Waals surface area (Å²) < 4.78 is 33.8. The number of esters is 1. The van der Waals surface area contributed by atoms with Crippen LogP contribution in [0.25, 0.3) is 0 Å². The number of rotatable bonds is 7. The number of halogens is 1. The van der Waals surface area contributed by atoms with E-state index in [4.69, 9.17) is 4.74 Å². The topological polar surface area (TPSA) is 92.8 Å². The first-order valence-corrected chi connectivity index (χ1v) is 13.6. The first kappa shape index (κ1) is 24.4. The van der Waals surface area contributed by atoms with Crippen molar-refractivity contribution in [3.63, 3.8) is 0 Å². The predicted octanol–water partition coefficient (Wildman–Crippen LogP) is 4.93. The van der Waals surface area contributed by atoms with Gasteiger partial charge in [0.2, 0.25) is 5.91 Å². The van der Waals surface area contributed by atoms with E-state index in [1.165, 1.54) is 30.6 Å². The second-order valence-corrected chi connectivity index (χ2v) is 11.8. The van der Waals surface area contributed by atoms with Gasteiger partial charge in [-0.15, -0.1) is 11.3 Å². The third-order valence-corrected chi connectivity index (χ3v) is 9.10. The van der Waals surface area contributed by atoms with Crippen LogP contribution in [0.15, 0.2) is 57.9 Å². The molecule has 1 amide bonds. The first-order chi connectivity index (χ1) is 16.2. The molecule has 0 saturated heterocycles. The smallest absolute Gasteiger partial charge is 0.341 e. The van der Waals surface area contributed by atoms with Gasteiger partial charge < -0.3 is 10.1 Å². The van der Waals surface area contributed by atoms with Crippen LogP contribution in [-0.2, 0) is 32.4 Å². The molecule has 0 unspecified atom stereocenters. The van der Waals surface area contributed by atoms with Crippen molar-refractivity contribution in [2.45, 2.75) is 31.1 Å². The number of nitrogens with one attached hydrogen (secondary N) is 1. The van der Waals surface area contributed by atoms with E-state index in [9.17, 15) is 18.0 Å². The van der Waals surface area contributed by atoms with Gasteiger partial charge in [0.1, 0.15) is 11.5 Å². The van der Waals surface area contributed by atoms with Crippen molar-refractivity contribution in [2.75, 3.05) is 23.3 Å². The van der Waals surface area contributed by atoms with Crippen molar-refractivity contribution >= 4 is 59.9 Å². The molecule has 0 saturated carbocycles. The summed E-state index contributed by atoms with van der Waals surface area (Å²) in [6.07, 6.45) is 2.54. The van der Waals surface area contributed by atoms with Gasteiger partial charge in [-0.05, 0) is 68.1 Å². The van der Waals surface area contributed by atoms with Crippen LogP contribution in [-0.4, -0.2) is 33.9 Å². The van der Waals surface area contributed by atoms with Crippen LogP contribution in [0.1, 0.15) is 32.8 Å². The second-order valence-electron chi connectivity index (χ2n) is 7.90. The number of aryl methyl sites for hydroxylation is 2. The number of anilines is 2. The number of carbonyl (C=O) groups is 2. The van der Waals surface area contributed by atoms with Crippen LogP contribution in [0.5, 0.6) is 0 Å². The Morgan fingerprint density at radius 1 is 1.09 bits per heavy atom. The maximum absolute atomic E-state index is 13.5. The van der Waals surface area contributed by atoms with Gasteiger partial charge in [0.05, 0.1) is 23.3 Å². The van der Waals surface area contributed by atoms with E-state index >= 15 is 0 Å².